The van der Waals surface area contributed by atoms with E-state index in [-0.39, 0.29) is 4.88 Å². The second-order valence-electron chi connectivity index (χ2n) is 3.14. The fourth-order valence-corrected chi connectivity index (χ4v) is 1.94. The number of halogens is 3. The van der Waals surface area contributed by atoms with E-state index in [1.807, 2.05) is 6.92 Å². The number of carbonyl (C=O) groups excluding carboxylic acids is 2. The Kier molecular flexibility index (Phi) is 3.85. The molecule has 6 heteroatoms. The van der Waals surface area contributed by atoms with Crippen molar-refractivity contribution in [2.45, 2.75) is 25.9 Å². The van der Waals surface area contributed by atoms with E-state index < -0.39 is 24.2 Å². The van der Waals surface area contributed by atoms with E-state index in [0.717, 1.165) is 16.2 Å². The molecule has 1 rings (SSSR count). The average molecular weight is 250 g/mol. The van der Waals surface area contributed by atoms with E-state index >= 15 is 0 Å². The Hall–Kier alpha value is -1.17. The predicted octanol–water partition coefficient (Wildman–Crippen LogP) is 3.01. The van der Waals surface area contributed by atoms with Gasteiger partial charge in [-0.1, -0.05) is 6.92 Å². The van der Waals surface area contributed by atoms with Crippen LogP contribution in [0.5, 0.6) is 0 Å². The molecule has 0 atom stereocenters. The third kappa shape index (κ3) is 3.16. The summed E-state index contributed by atoms with van der Waals surface area (Å²) in [5.41, 5.74) is 0. The molecule has 0 fully saturated rings. The topological polar surface area (TPSA) is 34.1 Å². The summed E-state index contributed by atoms with van der Waals surface area (Å²) in [6, 6.07) is 3.13. The van der Waals surface area contributed by atoms with Crippen LogP contribution in [0, 0.1) is 0 Å². The Morgan fingerprint density at radius 3 is 2.38 bits per heavy atom. The van der Waals surface area contributed by atoms with Crippen LogP contribution in [0.1, 0.15) is 27.9 Å². The quantitative estimate of drug-likeness (QED) is 0.608. The first-order valence-corrected chi connectivity index (χ1v) is 5.38. The summed E-state index contributed by atoms with van der Waals surface area (Å²) in [6.07, 6.45) is -5.32. The van der Waals surface area contributed by atoms with E-state index in [1.54, 1.807) is 6.07 Å². The maximum Gasteiger partial charge on any atom is 0.450 e. The largest absolute Gasteiger partial charge is 0.450 e. The van der Waals surface area contributed by atoms with Crippen molar-refractivity contribution in [1.82, 2.24) is 0 Å². The molecule has 0 aromatic carbocycles. The van der Waals surface area contributed by atoms with Crippen molar-refractivity contribution in [3.63, 3.8) is 0 Å². The summed E-state index contributed by atoms with van der Waals surface area (Å²) in [7, 11) is 0. The van der Waals surface area contributed by atoms with Crippen molar-refractivity contribution in [3.8, 4) is 0 Å². The van der Waals surface area contributed by atoms with Crippen LogP contribution in [0.15, 0.2) is 12.1 Å². The van der Waals surface area contributed by atoms with Crippen molar-refractivity contribution >= 4 is 22.9 Å². The van der Waals surface area contributed by atoms with Gasteiger partial charge in [-0.2, -0.15) is 13.2 Å². The van der Waals surface area contributed by atoms with E-state index in [0.29, 0.717) is 6.42 Å². The molecule has 1 heterocycles. The van der Waals surface area contributed by atoms with Crippen molar-refractivity contribution in [3.05, 3.63) is 21.9 Å². The minimum Gasteiger partial charge on any atom is -0.293 e. The van der Waals surface area contributed by atoms with Gasteiger partial charge in [-0.15, -0.1) is 11.3 Å². The summed E-state index contributed by atoms with van der Waals surface area (Å²) in [6.45, 7) is 1.88. The lowest BCUT2D eigenvalue weighted by atomic mass is 10.2. The summed E-state index contributed by atoms with van der Waals surface area (Å²) in [5, 5.41) is 0. The van der Waals surface area contributed by atoms with Gasteiger partial charge in [0, 0.05) is 4.88 Å². The maximum atomic E-state index is 11.9. The number of hydrogen-bond donors (Lipinski definition) is 0. The summed E-state index contributed by atoms with van der Waals surface area (Å²) in [4.78, 5) is 23.0. The van der Waals surface area contributed by atoms with Gasteiger partial charge in [-0.25, -0.2) is 0 Å². The molecule has 0 aliphatic rings. The molecule has 0 unspecified atom stereocenters. The second-order valence-corrected chi connectivity index (χ2v) is 4.31. The zero-order chi connectivity index (χ0) is 12.3. The third-order valence-electron chi connectivity index (χ3n) is 1.92. The summed E-state index contributed by atoms with van der Waals surface area (Å²) < 4.78 is 35.7. The van der Waals surface area contributed by atoms with Gasteiger partial charge >= 0.3 is 6.18 Å². The molecule has 1 aromatic rings. The van der Waals surface area contributed by atoms with E-state index in [2.05, 4.69) is 0 Å². The first-order valence-electron chi connectivity index (χ1n) is 4.56. The molecule has 0 N–H and O–H groups in total. The van der Waals surface area contributed by atoms with Gasteiger partial charge in [-0.05, 0) is 18.6 Å². The maximum absolute atomic E-state index is 11.9. The van der Waals surface area contributed by atoms with Gasteiger partial charge in [0.1, 0.15) is 0 Å². The lowest BCUT2D eigenvalue weighted by Crippen LogP contribution is -2.25. The molecule has 0 amide bonds. The zero-order valence-electron chi connectivity index (χ0n) is 8.43. The van der Waals surface area contributed by atoms with Crippen LogP contribution in [-0.2, 0) is 11.2 Å². The first-order chi connectivity index (χ1) is 7.34. The van der Waals surface area contributed by atoms with Crippen LogP contribution >= 0.6 is 11.3 Å². The minimum absolute atomic E-state index is 0.203. The van der Waals surface area contributed by atoms with Crippen molar-refractivity contribution < 1.29 is 22.8 Å². The van der Waals surface area contributed by atoms with Gasteiger partial charge in [0.05, 0.1) is 11.3 Å². The van der Waals surface area contributed by atoms with Crippen LogP contribution in [0.3, 0.4) is 0 Å². The monoisotopic (exact) mass is 250 g/mol. The molecule has 88 valence electrons. The fraction of sp³-hybridized carbons (Fsp3) is 0.400. The molecule has 0 bridgehead atoms. The summed E-state index contributed by atoms with van der Waals surface area (Å²) in [5.74, 6) is -2.77. The van der Waals surface area contributed by atoms with Crippen LogP contribution in [0.25, 0.3) is 0 Å². The standard InChI is InChI=1S/C10H9F3O2S/c1-2-6-3-4-8(16-6)7(14)5-9(15)10(11,12)13/h3-4H,2,5H2,1H3. The SMILES string of the molecule is CCc1ccc(C(=O)CC(=O)C(F)(F)F)s1. The fourth-order valence-electron chi connectivity index (χ4n) is 1.05. The molecule has 1 aromatic heterocycles. The Morgan fingerprint density at radius 2 is 1.94 bits per heavy atom. The van der Waals surface area contributed by atoms with Crippen LogP contribution in [-0.4, -0.2) is 17.7 Å². The first kappa shape index (κ1) is 12.9. The Bertz CT molecular complexity index is 406. The van der Waals surface area contributed by atoms with E-state index in [9.17, 15) is 22.8 Å². The Balaban J connectivity index is 2.69. The van der Waals surface area contributed by atoms with Crippen molar-refractivity contribution in [2.24, 2.45) is 0 Å². The molecule has 16 heavy (non-hydrogen) atoms. The Morgan fingerprint density at radius 1 is 1.31 bits per heavy atom. The molecule has 0 aliphatic carbocycles. The molecule has 0 spiro atoms. The smallest absolute Gasteiger partial charge is 0.293 e. The average Bonchev–Trinajstić information content (AvgIpc) is 2.64. The number of carbonyl (C=O) groups is 2. The highest BCUT2D eigenvalue weighted by Gasteiger charge is 2.39. The van der Waals surface area contributed by atoms with E-state index in [4.69, 9.17) is 0 Å². The highest BCUT2D eigenvalue weighted by Crippen LogP contribution is 2.22. The zero-order valence-corrected chi connectivity index (χ0v) is 9.24. The predicted molar refractivity (Wildman–Crippen MR) is 53.7 cm³/mol. The van der Waals surface area contributed by atoms with Crippen LogP contribution < -0.4 is 0 Å². The number of aryl methyl sites for hydroxylation is 1. The molecule has 2 nitrogen and oxygen atoms in total. The number of thiophene rings is 1. The van der Waals surface area contributed by atoms with Crippen LogP contribution in [0.2, 0.25) is 0 Å². The number of ketones is 2. The molecular formula is C10H9F3O2S. The van der Waals surface area contributed by atoms with Crippen molar-refractivity contribution in [1.29, 1.82) is 0 Å². The highest BCUT2D eigenvalue weighted by atomic mass is 32.1. The minimum atomic E-state index is -4.93. The Labute approximate surface area is 94.1 Å². The van der Waals surface area contributed by atoms with Gasteiger partial charge in [0.15, 0.2) is 5.78 Å². The lowest BCUT2D eigenvalue weighted by Gasteiger charge is -2.02. The molecule has 0 aliphatic heterocycles. The molecular weight excluding hydrogens is 241 g/mol. The van der Waals surface area contributed by atoms with Crippen LogP contribution in [0.4, 0.5) is 13.2 Å². The normalized spacial score (nSPS) is 11.5. The van der Waals surface area contributed by atoms with E-state index in [1.165, 1.54) is 6.07 Å². The summed E-state index contributed by atoms with van der Waals surface area (Å²) >= 11 is 1.12. The number of alkyl halides is 3. The molecule has 0 saturated heterocycles. The second kappa shape index (κ2) is 4.78. The van der Waals surface area contributed by atoms with Gasteiger partial charge in [0.25, 0.3) is 0 Å². The third-order valence-corrected chi connectivity index (χ3v) is 3.19. The van der Waals surface area contributed by atoms with Gasteiger partial charge in [0.2, 0.25) is 5.78 Å². The van der Waals surface area contributed by atoms with Gasteiger partial charge in [-0.3, -0.25) is 9.59 Å². The highest BCUT2D eigenvalue weighted by molar-refractivity contribution is 7.14. The lowest BCUT2D eigenvalue weighted by molar-refractivity contribution is -0.170. The number of Topliss-reactive ketones (excluding diaryl/α,β-unsaturated/α-hetero) is 2. The molecule has 0 radical (unpaired) electrons. The number of hydrogen-bond acceptors (Lipinski definition) is 3. The molecule has 0 saturated carbocycles. The number of rotatable bonds is 4. The van der Waals surface area contributed by atoms with Crippen molar-refractivity contribution in [2.75, 3.05) is 0 Å². The van der Waals surface area contributed by atoms with Gasteiger partial charge < -0.3 is 0 Å².